The molecule has 3 rings (SSSR count). The van der Waals surface area contributed by atoms with Crippen LogP contribution in [-0.2, 0) is 4.74 Å². The summed E-state index contributed by atoms with van der Waals surface area (Å²) in [6, 6.07) is 4.50. The van der Waals surface area contributed by atoms with Crippen molar-refractivity contribution in [3.8, 4) is 0 Å². The third-order valence-corrected chi connectivity index (χ3v) is 3.59. The van der Waals surface area contributed by atoms with Gasteiger partial charge in [-0.25, -0.2) is 0 Å². The summed E-state index contributed by atoms with van der Waals surface area (Å²) in [6.45, 7) is 12.7. The molecule has 3 heteroatoms. The van der Waals surface area contributed by atoms with Crippen molar-refractivity contribution >= 4 is 5.69 Å². The van der Waals surface area contributed by atoms with Crippen LogP contribution in [0.2, 0.25) is 0 Å². The van der Waals surface area contributed by atoms with Crippen molar-refractivity contribution in [1.82, 2.24) is 0 Å². The van der Waals surface area contributed by atoms with Crippen molar-refractivity contribution in [2.24, 2.45) is 0 Å². The molecule has 0 radical (unpaired) electrons. The lowest BCUT2D eigenvalue weighted by Gasteiger charge is -2.41. The molecule has 2 N–H and O–H groups in total. The van der Waals surface area contributed by atoms with E-state index in [-0.39, 0.29) is 18.2 Å². The molecule has 1 fully saturated rings. The van der Waals surface area contributed by atoms with Crippen molar-refractivity contribution in [2.45, 2.75) is 66.2 Å². The van der Waals surface area contributed by atoms with Crippen molar-refractivity contribution < 1.29 is 9.84 Å². The van der Waals surface area contributed by atoms with Gasteiger partial charge in [-0.15, -0.1) is 0 Å². The van der Waals surface area contributed by atoms with Crippen LogP contribution in [0.5, 0.6) is 0 Å². The van der Waals surface area contributed by atoms with Crippen LogP contribution in [-0.4, -0.2) is 23.9 Å². The van der Waals surface area contributed by atoms with Gasteiger partial charge in [-0.3, -0.25) is 0 Å². The maximum Gasteiger partial charge on any atom is 0.0975 e. The second-order valence-electron chi connectivity index (χ2n) is 4.92. The molecule has 0 aliphatic carbocycles. The first-order chi connectivity index (χ1) is 9.65. The van der Waals surface area contributed by atoms with Gasteiger partial charge in [0.1, 0.15) is 0 Å². The van der Waals surface area contributed by atoms with Gasteiger partial charge in [-0.05, 0) is 19.4 Å². The van der Waals surface area contributed by atoms with E-state index in [1.54, 1.807) is 0 Å². The fraction of sp³-hybridized carbons (Fsp3) is 0.647. The lowest BCUT2D eigenvalue weighted by atomic mass is 9.87. The number of hydrogen-bond donors (Lipinski definition) is 2. The topological polar surface area (TPSA) is 41.5 Å². The molecule has 0 amide bonds. The summed E-state index contributed by atoms with van der Waals surface area (Å²) in [5, 5.41) is 13.2. The molecule has 0 saturated carbocycles. The third kappa shape index (κ3) is 3.33. The number of anilines is 1. The predicted molar refractivity (Wildman–Crippen MR) is 85.3 cm³/mol. The van der Waals surface area contributed by atoms with Gasteiger partial charge in [0.25, 0.3) is 0 Å². The lowest BCUT2D eigenvalue weighted by Crippen LogP contribution is -2.46. The number of benzene rings is 1. The van der Waals surface area contributed by atoms with Gasteiger partial charge in [0, 0.05) is 17.7 Å². The van der Waals surface area contributed by atoms with Gasteiger partial charge in [-0.2, -0.15) is 0 Å². The average Bonchev–Trinajstić information content (AvgIpc) is 2.48. The highest BCUT2D eigenvalue weighted by Gasteiger charge is 2.36. The van der Waals surface area contributed by atoms with Gasteiger partial charge < -0.3 is 15.2 Å². The Hall–Kier alpha value is -1.06. The van der Waals surface area contributed by atoms with E-state index in [4.69, 9.17) is 4.74 Å². The van der Waals surface area contributed by atoms with Crippen LogP contribution in [0.1, 0.15) is 56.9 Å². The van der Waals surface area contributed by atoms with Crippen LogP contribution in [0.4, 0.5) is 5.69 Å². The summed E-state index contributed by atoms with van der Waals surface area (Å²) >= 11 is 0. The standard InChI is InChI=1S/C13H17NO2.2C2H6/c1-7-3-8(2)13-9(4-7)12-5-10(14-13)11(15)6-16-12;2*1-2/h3-4,10-12,14-15H,5-6H2,1-2H3;2*1-2H3. The van der Waals surface area contributed by atoms with E-state index >= 15 is 0 Å². The Labute approximate surface area is 123 Å². The molecule has 3 unspecified atom stereocenters. The second-order valence-corrected chi connectivity index (χ2v) is 4.92. The Balaban J connectivity index is 0.000000461. The maximum absolute atomic E-state index is 9.80. The van der Waals surface area contributed by atoms with Gasteiger partial charge in [0.05, 0.1) is 24.9 Å². The maximum atomic E-state index is 9.80. The molecule has 3 nitrogen and oxygen atoms in total. The molecule has 3 atom stereocenters. The number of ether oxygens (including phenoxy) is 1. The molecule has 20 heavy (non-hydrogen) atoms. The number of fused-ring (bicyclic) bond motifs is 4. The van der Waals surface area contributed by atoms with Crippen LogP contribution in [0.25, 0.3) is 0 Å². The largest absolute Gasteiger partial charge is 0.389 e. The summed E-state index contributed by atoms with van der Waals surface area (Å²) in [6.07, 6.45) is 0.644. The number of nitrogens with one attached hydrogen (secondary N) is 1. The molecule has 1 saturated heterocycles. The van der Waals surface area contributed by atoms with Gasteiger partial charge in [-0.1, -0.05) is 45.4 Å². The fourth-order valence-corrected chi connectivity index (χ4v) is 2.80. The molecule has 0 aromatic heterocycles. The third-order valence-electron chi connectivity index (χ3n) is 3.59. The summed E-state index contributed by atoms with van der Waals surface area (Å²) in [7, 11) is 0. The Morgan fingerprint density at radius 2 is 1.80 bits per heavy atom. The zero-order chi connectivity index (χ0) is 15.3. The summed E-state index contributed by atoms with van der Waals surface area (Å²) < 4.78 is 5.71. The Kier molecular flexibility index (Phi) is 6.50. The van der Waals surface area contributed by atoms with Crippen LogP contribution < -0.4 is 5.32 Å². The summed E-state index contributed by atoms with van der Waals surface area (Å²) in [5.41, 5.74) is 4.92. The minimum absolute atomic E-state index is 0.146. The van der Waals surface area contributed by atoms with Crippen molar-refractivity contribution in [3.63, 3.8) is 0 Å². The minimum Gasteiger partial charge on any atom is -0.389 e. The number of aryl methyl sites for hydroxylation is 2. The van der Waals surface area contributed by atoms with E-state index in [1.165, 1.54) is 16.7 Å². The monoisotopic (exact) mass is 279 g/mol. The van der Waals surface area contributed by atoms with E-state index in [1.807, 2.05) is 27.7 Å². The van der Waals surface area contributed by atoms with Crippen molar-refractivity contribution in [2.75, 3.05) is 11.9 Å². The fourth-order valence-electron chi connectivity index (χ4n) is 2.80. The second kappa shape index (κ2) is 7.65. The zero-order valence-corrected chi connectivity index (χ0v) is 13.7. The normalized spacial score (nSPS) is 26.1. The molecule has 2 aliphatic rings. The molecule has 2 bridgehead atoms. The van der Waals surface area contributed by atoms with Crippen LogP contribution in [0.3, 0.4) is 0 Å². The number of aliphatic hydroxyl groups is 1. The first-order valence-corrected chi connectivity index (χ1v) is 7.82. The number of aliphatic hydroxyl groups excluding tert-OH is 1. The van der Waals surface area contributed by atoms with E-state index in [2.05, 4.69) is 31.3 Å². The number of rotatable bonds is 0. The highest BCUT2D eigenvalue weighted by molar-refractivity contribution is 5.62. The Morgan fingerprint density at radius 1 is 1.15 bits per heavy atom. The lowest BCUT2D eigenvalue weighted by molar-refractivity contribution is -0.0672. The first kappa shape index (κ1) is 17.0. The quantitative estimate of drug-likeness (QED) is 0.755. The minimum atomic E-state index is -0.384. The van der Waals surface area contributed by atoms with E-state index in [9.17, 15) is 5.11 Å². The van der Waals surface area contributed by atoms with Gasteiger partial charge in [0.15, 0.2) is 0 Å². The first-order valence-electron chi connectivity index (χ1n) is 7.82. The number of hydrogen-bond acceptors (Lipinski definition) is 3. The predicted octanol–water partition coefficient (Wildman–Crippen LogP) is 3.97. The van der Waals surface area contributed by atoms with E-state index in [0.29, 0.717) is 6.61 Å². The molecule has 2 heterocycles. The summed E-state index contributed by atoms with van der Waals surface area (Å²) in [4.78, 5) is 0. The van der Waals surface area contributed by atoms with Gasteiger partial charge in [0.2, 0.25) is 0 Å². The van der Waals surface area contributed by atoms with Crippen LogP contribution in [0, 0.1) is 13.8 Å². The molecule has 1 aromatic rings. The molecule has 2 aliphatic heterocycles. The highest BCUT2D eigenvalue weighted by Crippen LogP contribution is 2.41. The zero-order valence-electron chi connectivity index (χ0n) is 13.7. The van der Waals surface area contributed by atoms with E-state index in [0.717, 1.165) is 12.1 Å². The van der Waals surface area contributed by atoms with Crippen LogP contribution >= 0.6 is 0 Å². The Bertz CT molecular complexity index is 431. The molecule has 114 valence electrons. The molecule has 0 spiro atoms. The molecule has 1 aromatic carbocycles. The van der Waals surface area contributed by atoms with E-state index < -0.39 is 0 Å². The van der Waals surface area contributed by atoms with Crippen molar-refractivity contribution in [3.05, 3.63) is 28.8 Å². The molecular formula is C17H29NO2. The summed E-state index contributed by atoms with van der Waals surface area (Å²) in [5.74, 6) is 0. The highest BCUT2D eigenvalue weighted by atomic mass is 16.5. The van der Waals surface area contributed by atoms with Gasteiger partial charge >= 0.3 is 0 Å². The smallest absolute Gasteiger partial charge is 0.0975 e. The van der Waals surface area contributed by atoms with Crippen LogP contribution in [0.15, 0.2) is 12.1 Å². The van der Waals surface area contributed by atoms with Crippen molar-refractivity contribution in [1.29, 1.82) is 0 Å². The Morgan fingerprint density at radius 3 is 2.45 bits per heavy atom. The SMILES string of the molecule is CC.CC.Cc1cc(C)c2c(c1)C1CC(N2)C(O)CO1. The average molecular weight is 279 g/mol. The molecular weight excluding hydrogens is 250 g/mol.